The number of aromatic nitrogens is 3. The van der Waals surface area contributed by atoms with Crippen LogP contribution >= 0.6 is 0 Å². The molecule has 0 spiro atoms. The number of carbonyl (C=O) groups is 1. The first-order valence-corrected chi connectivity index (χ1v) is 8.63. The fraction of sp³-hybridized carbons (Fsp3) is 0.0952. The lowest BCUT2D eigenvalue weighted by atomic mass is 10.1. The van der Waals surface area contributed by atoms with Gasteiger partial charge in [-0.05, 0) is 17.2 Å². The molecule has 27 heavy (non-hydrogen) atoms. The molecule has 2 aromatic heterocycles. The van der Waals surface area contributed by atoms with E-state index < -0.39 is 0 Å². The van der Waals surface area contributed by atoms with Crippen LogP contribution in [0.1, 0.15) is 21.5 Å². The molecule has 0 saturated heterocycles. The van der Waals surface area contributed by atoms with Crippen LogP contribution < -0.4 is 10.9 Å². The molecule has 0 bridgehead atoms. The van der Waals surface area contributed by atoms with E-state index in [9.17, 15) is 9.59 Å². The Hall–Kier alpha value is -3.67. The van der Waals surface area contributed by atoms with E-state index in [2.05, 4.69) is 15.3 Å². The van der Waals surface area contributed by atoms with Gasteiger partial charge in [0.2, 0.25) is 5.56 Å². The molecule has 2 aromatic carbocycles. The summed E-state index contributed by atoms with van der Waals surface area (Å²) in [6, 6.07) is 16.7. The zero-order chi connectivity index (χ0) is 18.6. The summed E-state index contributed by atoms with van der Waals surface area (Å²) in [6.45, 7) is 1.15. The van der Waals surface area contributed by atoms with E-state index in [0.717, 1.165) is 23.1 Å². The number of rotatable bonds is 5. The highest BCUT2D eigenvalue weighted by atomic mass is 16.2. The van der Waals surface area contributed by atoms with Gasteiger partial charge in [0.1, 0.15) is 0 Å². The van der Waals surface area contributed by atoms with Crippen LogP contribution in [0.2, 0.25) is 0 Å². The molecule has 0 aliphatic rings. The number of benzene rings is 2. The quantitative estimate of drug-likeness (QED) is 0.576. The number of amides is 1. The van der Waals surface area contributed by atoms with E-state index in [-0.39, 0.29) is 11.5 Å². The molecule has 6 nitrogen and oxygen atoms in total. The van der Waals surface area contributed by atoms with Crippen molar-refractivity contribution < 1.29 is 4.79 Å². The van der Waals surface area contributed by atoms with Crippen LogP contribution in [0, 0.1) is 0 Å². The lowest BCUT2D eigenvalue weighted by Gasteiger charge is -2.09. The predicted molar refractivity (Wildman–Crippen MR) is 104 cm³/mol. The number of fused-ring (bicyclic) bond motifs is 1. The van der Waals surface area contributed by atoms with E-state index in [0.29, 0.717) is 17.6 Å². The van der Waals surface area contributed by atoms with Gasteiger partial charge in [0.05, 0.1) is 11.9 Å². The fourth-order valence-corrected chi connectivity index (χ4v) is 3.02. The summed E-state index contributed by atoms with van der Waals surface area (Å²) in [4.78, 5) is 31.2. The maximum Gasteiger partial charge on any atom is 0.252 e. The highest BCUT2D eigenvalue weighted by molar-refractivity contribution is 6.05. The van der Waals surface area contributed by atoms with Crippen LogP contribution in [0.25, 0.3) is 10.9 Å². The standard InChI is InChI=1S/C21H18N4O2/c26-20-11-18(17-3-1-2-4-19(17)24-20)21(27)23-12-15-5-7-16(8-6-15)13-25-10-9-22-14-25/h1-11,14H,12-13H2,(H,23,27)(H,24,26). The number of nitrogens with one attached hydrogen (secondary N) is 2. The number of para-hydroxylation sites is 1. The van der Waals surface area contributed by atoms with Crippen molar-refractivity contribution in [2.24, 2.45) is 0 Å². The first kappa shape index (κ1) is 16.8. The van der Waals surface area contributed by atoms with Crippen molar-refractivity contribution >= 4 is 16.8 Å². The summed E-state index contributed by atoms with van der Waals surface area (Å²) in [6.07, 6.45) is 5.45. The molecule has 4 rings (SSSR count). The van der Waals surface area contributed by atoms with E-state index >= 15 is 0 Å². The number of pyridine rings is 1. The van der Waals surface area contributed by atoms with Crippen molar-refractivity contribution in [1.82, 2.24) is 19.9 Å². The van der Waals surface area contributed by atoms with Gasteiger partial charge in [-0.15, -0.1) is 0 Å². The van der Waals surface area contributed by atoms with Crippen LogP contribution in [0.15, 0.2) is 78.1 Å². The third-order valence-corrected chi connectivity index (χ3v) is 4.40. The summed E-state index contributed by atoms with van der Waals surface area (Å²) in [5, 5.41) is 3.62. The molecule has 1 amide bonds. The number of nitrogens with zero attached hydrogens (tertiary/aromatic N) is 2. The summed E-state index contributed by atoms with van der Waals surface area (Å²) in [5.74, 6) is -0.264. The Morgan fingerprint density at radius 3 is 2.63 bits per heavy atom. The smallest absolute Gasteiger partial charge is 0.252 e. The topological polar surface area (TPSA) is 79.8 Å². The van der Waals surface area contributed by atoms with Crippen LogP contribution in [0.5, 0.6) is 0 Å². The van der Waals surface area contributed by atoms with Crippen molar-refractivity contribution in [3.8, 4) is 0 Å². The molecular weight excluding hydrogens is 340 g/mol. The number of H-pyrrole nitrogens is 1. The number of aromatic amines is 1. The van der Waals surface area contributed by atoms with Gasteiger partial charge < -0.3 is 14.9 Å². The average molecular weight is 358 g/mol. The molecule has 6 heteroatoms. The van der Waals surface area contributed by atoms with E-state index in [1.807, 2.05) is 53.2 Å². The van der Waals surface area contributed by atoms with Gasteiger partial charge in [-0.25, -0.2) is 4.98 Å². The predicted octanol–water partition coefficient (Wildman–Crippen LogP) is 2.70. The van der Waals surface area contributed by atoms with Crippen LogP contribution in [-0.4, -0.2) is 20.4 Å². The molecule has 0 unspecified atom stereocenters. The Balaban J connectivity index is 1.46. The van der Waals surface area contributed by atoms with Crippen molar-refractivity contribution in [3.05, 3.63) is 100 Å². The number of carbonyl (C=O) groups excluding carboxylic acids is 1. The van der Waals surface area contributed by atoms with Crippen LogP contribution in [0.3, 0.4) is 0 Å². The Labute approximate surface area is 155 Å². The van der Waals surface area contributed by atoms with Gasteiger partial charge in [0.15, 0.2) is 0 Å². The maximum atomic E-state index is 12.6. The molecule has 0 aliphatic heterocycles. The first-order valence-electron chi connectivity index (χ1n) is 8.63. The Kier molecular flexibility index (Phi) is 4.53. The van der Waals surface area contributed by atoms with Crippen molar-refractivity contribution in [1.29, 1.82) is 0 Å². The second kappa shape index (κ2) is 7.29. The summed E-state index contributed by atoms with van der Waals surface area (Å²) in [7, 11) is 0. The molecule has 0 fully saturated rings. The highest BCUT2D eigenvalue weighted by Crippen LogP contribution is 2.14. The lowest BCUT2D eigenvalue weighted by molar-refractivity contribution is 0.0952. The Morgan fingerprint density at radius 1 is 1.07 bits per heavy atom. The number of hydrogen-bond acceptors (Lipinski definition) is 3. The zero-order valence-corrected chi connectivity index (χ0v) is 14.6. The molecule has 2 heterocycles. The minimum Gasteiger partial charge on any atom is -0.348 e. The normalized spacial score (nSPS) is 10.8. The average Bonchev–Trinajstić information content (AvgIpc) is 3.19. The fourth-order valence-electron chi connectivity index (χ4n) is 3.02. The summed E-state index contributed by atoms with van der Waals surface area (Å²) in [5.41, 5.74) is 2.89. The van der Waals surface area contributed by atoms with Gasteiger partial charge in [-0.1, -0.05) is 42.5 Å². The molecule has 134 valence electrons. The summed E-state index contributed by atoms with van der Waals surface area (Å²) >= 11 is 0. The van der Waals surface area contributed by atoms with Gasteiger partial charge in [-0.3, -0.25) is 9.59 Å². The third-order valence-electron chi connectivity index (χ3n) is 4.40. The molecule has 0 saturated carbocycles. The minimum atomic E-state index is -0.289. The van der Waals surface area contributed by atoms with E-state index in [4.69, 9.17) is 0 Å². The molecular formula is C21H18N4O2. The summed E-state index contributed by atoms with van der Waals surface area (Å²) < 4.78 is 1.99. The lowest BCUT2D eigenvalue weighted by Crippen LogP contribution is -2.24. The van der Waals surface area contributed by atoms with Gasteiger partial charge in [0, 0.05) is 42.5 Å². The molecule has 4 aromatic rings. The molecule has 0 atom stereocenters. The van der Waals surface area contributed by atoms with Gasteiger partial charge in [-0.2, -0.15) is 0 Å². The van der Waals surface area contributed by atoms with Crippen LogP contribution in [-0.2, 0) is 13.1 Å². The van der Waals surface area contributed by atoms with Gasteiger partial charge in [0.25, 0.3) is 5.91 Å². The Morgan fingerprint density at radius 2 is 1.85 bits per heavy atom. The molecule has 0 aliphatic carbocycles. The van der Waals surface area contributed by atoms with Gasteiger partial charge >= 0.3 is 0 Å². The van der Waals surface area contributed by atoms with E-state index in [1.165, 1.54) is 6.07 Å². The minimum absolute atomic E-state index is 0.264. The van der Waals surface area contributed by atoms with Crippen molar-refractivity contribution in [3.63, 3.8) is 0 Å². The second-order valence-corrected chi connectivity index (χ2v) is 6.33. The monoisotopic (exact) mass is 358 g/mol. The first-order chi connectivity index (χ1) is 13.2. The maximum absolute atomic E-state index is 12.6. The second-order valence-electron chi connectivity index (χ2n) is 6.33. The third kappa shape index (κ3) is 3.79. The largest absolute Gasteiger partial charge is 0.348 e. The van der Waals surface area contributed by atoms with Crippen molar-refractivity contribution in [2.75, 3.05) is 0 Å². The SMILES string of the molecule is O=C(NCc1ccc(Cn2ccnc2)cc1)c1cc(=O)[nH]c2ccccc12. The van der Waals surface area contributed by atoms with E-state index in [1.54, 1.807) is 18.6 Å². The van der Waals surface area contributed by atoms with Crippen molar-refractivity contribution in [2.45, 2.75) is 13.1 Å². The number of hydrogen-bond donors (Lipinski definition) is 2. The number of imidazole rings is 1. The van der Waals surface area contributed by atoms with Crippen LogP contribution in [0.4, 0.5) is 0 Å². The zero-order valence-electron chi connectivity index (χ0n) is 14.6. The molecule has 0 radical (unpaired) electrons. The highest BCUT2D eigenvalue weighted by Gasteiger charge is 2.11. The Bertz CT molecular complexity index is 1130. The molecule has 2 N–H and O–H groups in total.